The molecule has 2 amide bonds. The fourth-order valence-corrected chi connectivity index (χ4v) is 8.28. The lowest BCUT2D eigenvalue weighted by Gasteiger charge is -2.46. The molecule has 3 rings (SSSR count). The largest absolute Gasteiger partial charge is 0.462 e. The lowest BCUT2D eigenvalue weighted by molar-refractivity contribution is -0.303. The van der Waals surface area contributed by atoms with E-state index in [0.29, 0.717) is 13.0 Å². The minimum absolute atomic E-state index is 0.0896. The molecular weight excluding hydrogens is 899 g/mol. The van der Waals surface area contributed by atoms with E-state index in [1.54, 1.807) is 63.3 Å². The molecule has 392 valence electrons. The molecule has 19 atom stereocenters. The number of fused-ring (bicyclic) bond motifs is 2. The Morgan fingerprint density at radius 3 is 1.91 bits per heavy atom. The normalized spacial score (nSPS) is 43.4. The first-order valence-electron chi connectivity index (χ1n) is 24.2. The van der Waals surface area contributed by atoms with E-state index in [-0.39, 0.29) is 31.6 Å². The predicted octanol–water partition coefficient (Wildman–Crippen LogP) is 1.09. The standard InChI is InChI=1S/C50H81N3O16/c1-6-23-52-49(64)53-44-40(59)29-50(65)28-36(56)25-39(58)38(57)22-21-34(54)24-35(55)26-42(60)66-32(4)31(3)45(61)30(2)19-17-15-13-11-9-7-8-10-12-14-16-18-20-37(27-41(44)69-50)68-48-47(63)43(51)46(62)33(5)67-48/h7-20,30-41,43-48,54-59,61-63,65H,6,21-29,51H2,1-5H3,(H2,52,53,64)/b8-7+,11-9+,12-10+,15-13+,16-14+,19-17+,20-18+/t30-,31-,32-,33+,34?,35?,36?,37?,38?,39?,40-,41-,43-,44?,45?,46+,47-,48?,50?/m0/s1. The number of rotatable bonds is 5. The van der Waals surface area contributed by atoms with Crippen LogP contribution in [0.5, 0.6) is 0 Å². The molecule has 2 fully saturated rings. The molecule has 10 unspecified atom stereocenters. The molecule has 0 aromatic rings. The van der Waals surface area contributed by atoms with E-state index in [9.17, 15) is 60.7 Å². The van der Waals surface area contributed by atoms with Gasteiger partial charge < -0.3 is 86.4 Å². The molecule has 0 aliphatic carbocycles. The van der Waals surface area contributed by atoms with Gasteiger partial charge in [0.15, 0.2) is 12.1 Å². The van der Waals surface area contributed by atoms with E-state index in [1.165, 1.54) is 0 Å². The number of aliphatic hydroxyl groups is 10. The van der Waals surface area contributed by atoms with Crippen LogP contribution in [0.1, 0.15) is 92.4 Å². The maximum absolute atomic E-state index is 12.9. The SMILES string of the molecule is CCCNC(=O)NC1[C@@H]2CC(OC3O[C@H](C)[C@@H](O)[C@H](N)[C@@H]3O)/C=C/C=C/C=C/C=C/C=C/C=C/C=C/[C@H](C)C(O)[C@@H](C)[C@H](C)OC(=O)CC(O)CC(O)CCC(O)C(O)CC(O)CC(O)(C[C@@H]1O)O2. The number of carbonyl (C=O) groups excluding carboxylic acids is 2. The molecule has 2 saturated heterocycles. The van der Waals surface area contributed by atoms with Crippen molar-refractivity contribution in [3.63, 3.8) is 0 Å². The molecule has 3 heterocycles. The smallest absolute Gasteiger partial charge is 0.315 e. The molecule has 3 aliphatic heterocycles. The summed E-state index contributed by atoms with van der Waals surface area (Å²) in [5.74, 6) is -3.68. The van der Waals surface area contributed by atoms with Gasteiger partial charge in [0.1, 0.15) is 12.2 Å². The monoisotopic (exact) mass is 980 g/mol. The minimum Gasteiger partial charge on any atom is -0.462 e. The molecule has 0 aromatic heterocycles. The van der Waals surface area contributed by atoms with Crippen molar-refractivity contribution in [2.24, 2.45) is 17.6 Å². The Kier molecular flexibility index (Phi) is 26.2. The fraction of sp³-hybridized carbons (Fsp3) is 0.680. The van der Waals surface area contributed by atoms with Gasteiger partial charge in [0, 0.05) is 44.1 Å². The number of amides is 2. The number of allylic oxidation sites excluding steroid dienone is 12. The average Bonchev–Trinajstić information content (AvgIpc) is 3.28. The van der Waals surface area contributed by atoms with Crippen molar-refractivity contribution in [3.8, 4) is 0 Å². The predicted molar refractivity (Wildman–Crippen MR) is 256 cm³/mol. The minimum atomic E-state index is -2.24. The van der Waals surface area contributed by atoms with Crippen molar-refractivity contribution in [3.05, 3.63) is 85.1 Å². The molecular formula is C50H81N3O16. The zero-order valence-electron chi connectivity index (χ0n) is 40.5. The Morgan fingerprint density at radius 1 is 0.710 bits per heavy atom. The highest BCUT2D eigenvalue weighted by atomic mass is 16.7. The van der Waals surface area contributed by atoms with Crippen LogP contribution >= 0.6 is 0 Å². The first kappa shape index (κ1) is 59.7. The number of esters is 1. The molecule has 0 radical (unpaired) electrons. The first-order valence-corrected chi connectivity index (χ1v) is 24.2. The number of hydrogen-bond acceptors (Lipinski definition) is 17. The summed E-state index contributed by atoms with van der Waals surface area (Å²) < 4.78 is 23.7. The first-order chi connectivity index (χ1) is 32.6. The van der Waals surface area contributed by atoms with E-state index in [0.717, 1.165) is 0 Å². The van der Waals surface area contributed by atoms with Crippen molar-refractivity contribution in [1.82, 2.24) is 10.6 Å². The lowest BCUT2D eigenvalue weighted by Crippen LogP contribution is -2.64. The van der Waals surface area contributed by atoms with Gasteiger partial charge in [-0.2, -0.15) is 0 Å². The van der Waals surface area contributed by atoms with Gasteiger partial charge in [-0.1, -0.05) is 106 Å². The van der Waals surface area contributed by atoms with Gasteiger partial charge in [-0.25, -0.2) is 4.79 Å². The average molecular weight is 980 g/mol. The highest BCUT2D eigenvalue weighted by Gasteiger charge is 2.49. The van der Waals surface area contributed by atoms with Gasteiger partial charge in [-0.3, -0.25) is 4.79 Å². The summed E-state index contributed by atoms with van der Waals surface area (Å²) in [7, 11) is 0. The van der Waals surface area contributed by atoms with Crippen LogP contribution in [-0.4, -0.2) is 173 Å². The Bertz CT molecular complexity index is 1740. The second-order valence-corrected chi connectivity index (χ2v) is 18.6. The molecule has 2 bridgehead atoms. The molecule has 0 spiro atoms. The Balaban J connectivity index is 1.91. The van der Waals surface area contributed by atoms with Crippen LogP contribution in [0.2, 0.25) is 0 Å². The van der Waals surface area contributed by atoms with Gasteiger partial charge in [-0.05, 0) is 39.5 Å². The number of aliphatic hydroxyl groups excluding tert-OH is 9. The van der Waals surface area contributed by atoms with Crippen LogP contribution in [0, 0.1) is 11.8 Å². The maximum Gasteiger partial charge on any atom is 0.315 e. The second-order valence-electron chi connectivity index (χ2n) is 18.6. The highest BCUT2D eigenvalue weighted by molar-refractivity contribution is 5.74. The second kappa shape index (κ2) is 30.3. The molecule has 19 heteroatoms. The summed E-state index contributed by atoms with van der Waals surface area (Å²) in [6.07, 6.45) is 5.86. The van der Waals surface area contributed by atoms with Crippen LogP contribution in [0.3, 0.4) is 0 Å². The third-order valence-corrected chi connectivity index (χ3v) is 12.6. The van der Waals surface area contributed by atoms with E-state index in [4.69, 9.17) is 24.7 Å². The summed E-state index contributed by atoms with van der Waals surface area (Å²) in [6, 6.07) is -2.87. The number of cyclic esters (lactones) is 1. The topological polar surface area (TPSA) is 323 Å². The zero-order chi connectivity index (χ0) is 51.3. The molecule has 0 saturated carbocycles. The highest BCUT2D eigenvalue weighted by Crippen LogP contribution is 2.35. The third kappa shape index (κ3) is 20.9. The number of hydrogen-bond donors (Lipinski definition) is 13. The summed E-state index contributed by atoms with van der Waals surface area (Å²) in [5, 5.41) is 115. The van der Waals surface area contributed by atoms with Gasteiger partial charge >= 0.3 is 12.0 Å². The number of ether oxygens (including phenoxy) is 4. The summed E-state index contributed by atoms with van der Waals surface area (Å²) in [6.45, 7) is 8.99. The maximum atomic E-state index is 12.9. The molecule has 14 N–H and O–H groups in total. The number of urea groups is 1. The Labute approximate surface area is 406 Å². The summed E-state index contributed by atoms with van der Waals surface area (Å²) in [4.78, 5) is 25.6. The molecule has 0 aromatic carbocycles. The van der Waals surface area contributed by atoms with Crippen molar-refractivity contribution in [2.75, 3.05) is 6.54 Å². The number of nitrogens with two attached hydrogens (primary N) is 1. The van der Waals surface area contributed by atoms with Crippen LogP contribution in [-0.2, 0) is 23.7 Å². The zero-order valence-corrected chi connectivity index (χ0v) is 40.5. The van der Waals surface area contributed by atoms with Crippen molar-refractivity contribution in [1.29, 1.82) is 0 Å². The quantitative estimate of drug-likeness (QED) is 0.172. The van der Waals surface area contributed by atoms with Crippen molar-refractivity contribution >= 4 is 12.0 Å². The van der Waals surface area contributed by atoms with Crippen molar-refractivity contribution < 1.29 is 79.6 Å². The fourth-order valence-electron chi connectivity index (χ4n) is 8.28. The van der Waals surface area contributed by atoms with E-state index >= 15 is 0 Å². The van der Waals surface area contributed by atoms with Crippen LogP contribution in [0.4, 0.5) is 4.79 Å². The molecule has 69 heavy (non-hydrogen) atoms. The van der Waals surface area contributed by atoms with Gasteiger partial charge in [0.25, 0.3) is 0 Å². The number of carbonyl (C=O) groups is 2. The molecule has 3 aliphatic rings. The number of nitrogens with one attached hydrogen (secondary N) is 2. The van der Waals surface area contributed by atoms with Crippen molar-refractivity contribution in [2.45, 2.75) is 196 Å². The summed E-state index contributed by atoms with van der Waals surface area (Å²) >= 11 is 0. The van der Waals surface area contributed by atoms with E-state index in [1.807, 2.05) is 56.4 Å². The van der Waals surface area contributed by atoms with E-state index in [2.05, 4.69) is 10.6 Å². The van der Waals surface area contributed by atoms with Gasteiger partial charge in [0.2, 0.25) is 0 Å². The van der Waals surface area contributed by atoms with Crippen LogP contribution < -0.4 is 16.4 Å². The lowest BCUT2D eigenvalue weighted by atomic mass is 9.87. The van der Waals surface area contributed by atoms with Gasteiger partial charge in [0.05, 0.1) is 85.6 Å². The summed E-state index contributed by atoms with van der Waals surface area (Å²) in [5.41, 5.74) is 6.10. The van der Waals surface area contributed by atoms with E-state index < -0.39 is 147 Å². The van der Waals surface area contributed by atoms with Crippen LogP contribution in [0.25, 0.3) is 0 Å². The Morgan fingerprint density at radius 2 is 1.30 bits per heavy atom. The third-order valence-electron chi connectivity index (χ3n) is 12.6. The Hall–Kier alpha value is -3.64. The van der Waals surface area contributed by atoms with Crippen LogP contribution in [0.15, 0.2) is 85.1 Å². The molecule has 19 nitrogen and oxygen atoms in total. The van der Waals surface area contributed by atoms with Gasteiger partial charge in [-0.15, -0.1) is 0 Å².